The minimum Gasteiger partial charge on any atom is -0.378 e. The van der Waals surface area contributed by atoms with E-state index >= 15 is 0 Å². The van der Waals surface area contributed by atoms with Crippen molar-refractivity contribution in [1.82, 2.24) is 25.0 Å². The van der Waals surface area contributed by atoms with Crippen LogP contribution >= 0.6 is 0 Å². The van der Waals surface area contributed by atoms with Crippen molar-refractivity contribution in [3.63, 3.8) is 0 Å². The zero-order valence-corrected chi connectivity index (χ0v) is 19.6. The quantitative estimate of drug-likeness (QED) is 0.509. The monoisotopic (exact) mass is 472 g/mol. The van der Waals surface area contributed by atoms with Gasteiger partial charge in [0.1, 0.15) is 0 Å². The average molecular weight is 473 g/mol. The number of fused-ring (bicyclic) bond motifs is 3. The highest BCUT2D eigenvalue weighted by atomic mass is 19.3. The number of aromatic nitrogens is 3. The molecule has 1 fully saturated rings. The molecule has 9 heteroatoms. The van der Waals surface area contributed by atoms with Crippen LogP contribution in [0.25, 0.3) is 10.9 Å². The van der Waals surface area contributed by atoms with E-state index in [9.17, 15) is 13.2 Å². The number of rotatable bonds is 8. The maximum atomic E-state index is 14.2. The van der Waals surface area contributed by atoms with Crippen molar-refractivity contribution >= 4 is 16.6 Å². The maximum Gasteiger partial charge on any atom is 0.257 e. The number of nitrogens with one attached hydrogen (secondary N) is 2. The van der Waals surface area contributed by atoms with Crippen molar-refractivity contribution in [2.45, 2.75) is 50.7 Å². The largest absolute Gasteiger partial charge is 0.378 e. The summed E-state index contributed by atoms with van der Waals surface area (Å²) in [6.45, 7) is 4.91. The van der Waals surface area contributed by atoms with Crippen LogP contribution in [0.4, 0.5) is 18.9 Å². The Hall–Kier alpha value is -2.65. The molecule has 0 bridgehead atoms. The summed E-state index contributed by atoms with van der Waals surface area (Å²) < 4.78 is 40.7. The molecule has 2 aliphatic rings. The normalized spacial score (nSPS) is 22.0. The van der Waals surface area contributed by atoms with Crippen LogP contribution in [0.15, 0.2) is 36.7 Å². The molecule has 1 aromatic carbocycles. The molecule has 0 spiro atoms. The number of alkyl halides is 3. The average Bonchev–Trinajstić information content (AvgIpc) is 3.25. The van der Waals surface area contributed by atoms with E-state index in [2.05, 4.69) is 20.4 Å². The van der Waals surface area contributed by atoms with Crippen LogP contribution in [-0.2, 0) is 6.42 Å². The molecule has 0 saturated carbocycles. The molecular formula is C25H31F3N6. The summed E-state index contributed by atoms with van der Waals surface area (Å²) in [6.07, 6.45) is 4.86. The highest BCUT2D eigenvalue weighted by Gasteiger charge is 2.39. The first kappa shape index (κ1) is 23.1. The minimum absolute atomic E-state index is 0.0753. The van der Waals surface area contributed by atoms with E-state index in [-0.39, 0.29) is 25.3 Å². The fourth-order valence-electron chi connectivity index (χ4n) is 5.33. The predicted octanol–water partition coefficient (Wildman–Crippen LogP) is 4.40. The molecule has 34 heavy (non-hydrogen) atoms. The third kappa shape index (κ3) is 4.63. The Labute approximate surface area is 197 Å². The van der Waals surface area contributed by atoms with Gasteiger partial charge >= 0.3 is 0 Å². The third-order valence-electron chi connectivity index (χ3n) is 6.93. The van der Waals surface area contributed by atoms with Gasteiger partial charge in [0.15, 0.2) is 0 Å². The van der Waals surface area contributed by atoms with Gasteiger partial charge < -0.3 is 5.32 Å². The molecule has 4 heterocycles. The van der Waals surface area contributed by atoms with E-state index in [1.165, 1.54) is 0 Å². The van der Waals surface area contributed by atoms with E-state index in [0.717, 1.165) is 60.0 Å². The second kappa shape index (κ2) is 9.19. The first-order chi connectivity index (χ1) is 16.3. The second-order valence-electron chi connectivity index (χ2n) is 9.78. The number of benzene rings is 1. The van der Waals surface area contributed by atoms with Gasteiger partial charge in [-0.05, 0) is 49.1 Å². The van der Waals surface area contributed by atoms with E-state index in [4.69, 9.17) is 4.98 Å². The van der Waals surface area contributed by atoms with Crippen molar-refractivity contribution in [3.8, 4) is 0 Å². The molecule has 3 aromatic rings. The number of pyridine rings is 1. The van der Waals surface area contributed by atoms with Crippen LogP contribution in [-0.4, -0.2) is 75.8 Å². The summed E-state index contributed by atoms with van der Waals surface area (Å²) in [6, 6.07) is 7.77. The Morgan fingerprint density at radius 3 is 2.71 bits per heavy atom. The molecule has 6 nitrogen and oxygen atoms in total. The summed E-state index contributed by atoms with van der Waals surface area (Å²) in [7, 11) is 0. The molecule has 0 aliphatic carbocycles. The first-order valence-corrected chi connectivity index (χ1v) is 11.9. The van der Waals surface area contributed by atoms with Crippen LogP contribution < -0.4 is 5.32 Å². The smallest absolute Gasteiger partial charge is 0.257 e. The van der Waals surface area contributed by atoms with Crippen molar-refractivity contribution < 1.29 is 13.2 Å². The van der Waals surface area contributed by atoms with Gasteiger partial charge in [0.2, 0.25) is 0 Å². The Kier molecular flexibility index (Phi) is 6.24. The molecule has 5 rings (SSSR count). The summed E-state index contributed by atoms with van der Waals surface area (Å²) in [4.78, 5) is 8.82. The highest BCUT2D eigenvalue weighted by molar-refractivity contribution is 5.83. The van der Waals surface area contributed by atoms with Crippen molar-refractivity contribution in [3.05, 3.63) is 53.5 Å². The van der Waals surface area contributed by atoms with E-state index in [1.54, 1.807) is 6.20 Å². The fraction of sp³-hybridized carbons (Fsp3) is 0.520. The Bertz CT molecular complexity index is 1120. The Balaban J connectivity index is 1.40. The lowest BCUT2D eigenvalue weighted by atomic mass is 9.85. The second-order valence-corrected chi connectivity index (χ2v) is 9.78. The third-order valence-corrected chi connectivity index (χ3v) is 6.93. The number of nitrogens with zero attached hydrogens (tertiary/aromatic N) is 4. The number of H-pyrrole nitrogens is 1. The number of halogens is 3. The zero-order valence-electron chi connectivity index (χ0n) is 19.6. The van der Waals surface area contributed by atoms with Gasteiger partial charge in [-0.1, -0.05) is 6.07 Å². The lowest BCUT2D eigenvalue weighted by Gasteiger charge is -2.43. The predicted molar refractivity (Wildman–Crippen MR) is 127 cm³/mol. The van der Waals surface area contributed by atoms with Gasteiger partial charge in [-0.25, -0.2) is 8.78 Å². The molecule has 0 amide bonds. The summed E-state index contributed by atoms with van der Waals surface area (Å²) in [5.41, 5.74) is 4.76. The van der Waals surface area contributed by atoms with Crippen LogP contribution in [0.1, 0.15) is 43.1 Å². The van der Waals surface area contributed by atoms with Crippen LogP contribution in [0.3, 0.4) is 0 Å². The topological polar surface area (TPSA) is 60.1 Å². The number of anilines is 1. The van der Waals surface area contributed by atoms with E-state index in [1.807, 2.05) is 42.3 Å². The molecule has 0 radical (unpaired) electrons. The molecular weight excluding hydrogens is 441 g/mol. The number of aromatic amines is 1. The molecule has 2 N–H and O–H groups in total. The summed E-state index contributed by atoms with van der Waals surface area (Å²) in [5.74, 6) is -2.82. The van der Waals surface area contributed by atoms with Crippen LogP contribution in [0.5, 0.6) is 0 Å². The molecule has 2 aliphatic heterocycles. The SMILES string of the molecule is C[C@@H]1Cc2c(ccc3[nH]ncc23)[C@@H](c2ccc(NC3CN(CCCF)C3)cn2)N1CC(C)(F)F. The first-order valence-electron chi connectivity index (χ1n) is 11.9. The number of hydrogen-bond donors (Lipinski definition) is 2. The van der Waals surface area contributed by atoms with E-state index in [0.29, 0.717) is 18.9 Å². The van der Waals surface area contributed by atoms with Gasteiger partial charge in [-0.3, -0.25) is 24.3 Å². The Morgan fingerprint density at radius 1 is 1.18 bits per heavy atom. The summed E-state index contributed by atoms with van der Waals surface area (Å²) >= 11 is 0. The fourth-order valence-corrected chi connectivity index (χ4v) is 5.33. The van der Waals surface area contributed by atoms with Crippen LogP contribution in [0, 0.1) is 0 Å². The maximum absolute atomic E-state index is 14.2. The van der Waals surface area contributed by atoms with Crippen molar-refractivity contribution in [2.24, 2.45) is 0 Å². The van der Waals surface area contributed by atoms with Crippen LogP contribution in [0.2, 0.25) is 0 Å². The molecule has 2 aromatic heterocycles. The lowest BCUT2D eigenvalue weighted by molar-refractivity contribution is -0.0366. The van der Waals surface area contributed by atoms with Gasteiger partial charge in [0.25, 0.3) is 5.92 Å². The van der Waals surface area contributed by atoms with Crippen molar-refractivity contribution in [2.75, 3.05) is 38.2 Å². The lowest BCUT2D eigenvalue weighted by Crippen LogP contribution is -2.54. The molecule has 182 valence electrons. The molecule has 2 atom stereocenters. The number of likely N-dealkylation sites (tertiary alicyclic amines) is 1. The highest BCUT2D eigenvalue weighted by Crippen LogP contribution is 2.41. The molecule has 1 saturated heterocycles. The van der Waals surface area contributed by atoms with Gasteiger partial charge in [0.05, 0.1) is 54.6 Å². The zero-order chi connectivity index (χ0) is 23.9. The molecule has 0 unspecified atom stereocenters. The van der Waals surface area contributed by atoms with Gasteiger partial charge in [0, 0.05) is 38.0 Å². The van der Waals surface area contributed by atoms with Gasteiger partial charge in [-0.2, -0.15) is 5.10 Å². The Morgan fingerprint density at radius 2 is 2.00 bits per heavy atom. The minimum atomic E-state index is -2.82. The standard InChI is InChI=1S/C25H31F3N6/c1-16-10-20-19(5-7-22-21(20)12-30-32-22)24(34(16)15-25(2,27)28)23-6-4-17(11-29-23)31-18-13-33(14-18)9-3-8-26/h4-7,11-12,16,18,24,31H,3,8-10,13-15H2,1-2H3,(H,30,32)/t16-,24+/m1/s1. The summed E-state index contributed by atoms with van der Waals surface area (Å²) in [5, 5.41) is 11.7. The van der Waals surface area contributed by atoms with E-state index < -0.39 is 5.92 Å². The van der Waals surface area contributed by atoms with Gasteiger partial charge in [-0.15, -0.1) is 0 Å². The van der Waals surface area contributed by atoms with Crippen molar-refractivity contribution in [1.29, 1.82) is 0 Å². The number of hydrogen-bond acceptors (Lipinski definition) is 5.